The predicted octanol–water partition coefficient (Wildman–Crippen LogP) is 6.03. The Bertz CT molecular complexity index is 1280. The smallest absolute Gasteiger partial charge is 0.129 e. The third kappa shape index (κ3) is 4.70. The Labute approximate surface area is 193 Å². The Morgan fingerprint density at radius 3 is 2.66 bits per heavy atom. The number of nitrogens with zero attached hydrogens (tertiary/aromatic N) is 5. The van der Waals surface area contributed by atoms with Gasteiger partial charge in [0.2, 0.25) is 0 Å². The van der Waals surface area contributed by atoms with Crippen LogP contribution in [0.5, 0.6) is 0 Å². The molecule has 2 aromatic heterocycles. The van der Waals surface area contributed by atoms with Crippen LogP contribution >= 0.6 is 11.6 Å². The highest BCUT2D eigenvalue weighted by molar-refractivity contribution is 6.30. The van der Waals surface area contributed by atoms with Gasteiger partial charge in [-0.05, 0) is 71.0 Å². The van der Waals surface area contributed by atoms with E-state index in [9.17, 15) is 0 Å². The van der Waals surface area contributed by atoms with Crippen molar-refractivity contribution in [2.45, 2.75) is 53.2 Å². The van der Waals surface area contributed by atoms with Crippen molar-refractivity contribution in [1.82, 2.24) is 19.3 Å². The third-order valence-electron chi connectivity index (χ3n) is 5.13. The first-order valence-corrected chi connectivity index (χ1v) is 11.1. The van der Waals surface area contributed by atoms with Crippen LogP contribution in [0.25, 0.3) is 16.7 Å². The van der Waals surface area contributed by atoms with Gasteiger partial charge in [-0.2, -0.15) is 5.10 Å². The second kappa shape index (κ2) is 8.79. The van der Waals surface area contributed by atoms with E-state index in [1.165, 1.54) is 0 Å². The molecule has 4 rings (SSSR count). The highest BCUT2D eigenvalue weighted by Gasteiger charge is 2.15. The summed E-state index contributed by atoms with van der Waals surface area (Å²) in [4.78, 5) is 10.5. The van der Waals surface area contributed by atoms with Crippen LogP contribution < -0.4 is 0 Å². The molecule has 0 N–H and O–H groups in total. The summed E-state index contributed by atoms with van der Waals surface area (Å²) in [5, 5.41) is 9.48. The first kappa shape index (κ1) is 22.1. The zero-order chi connectivity index (χ0) is 22.9. The fourth-order valence-corrected chi connectivity index (χ4v) is 3.80. The summed E-state index contributed by atoms with van der Waals surface area (Å²) in [6.45, 7) is 10.9. The lowest BCUT2D eigenvalue weighted by Gasteiger charge is -2.16. The molecule has 6 nitrogen and oxygen atoms in total. The Morgan fingerprint density at radius 1 is 1.12 bits per heavy atom. The van der Waals surface area contributed by atoms with E-state index in [2.05, 4.69) is 39.9 Å². The number of hydrogen-bond donors (Lipinski definition) is 0. The lowest BCUT2D eigenvalue weighted by molar-refractivity contribution is 0.000956. The van der Waals surface area contributed by atoms with Gasteiger partial charge >= 0.3 is 0 Å². The topological polar surface area (TPSA) is 57.2 Å². The third-order valence-corrected chi connectivity index (χ3v) is 5.37. The number of oxime groups is 1. The molecule has 2 aromatic carbocycles. The van der Waals surface area contributed by atoms with Crippen LogP contribution in [0.3, 0.4) is 0 Å². The van der Waals surface area contributed by atoms with E-state index in [4.69, 9.17) is 21.4 Å². The van der Waals surface area contributed by atoms with Crippen molar-refractivity contribution in [3.05, 3.63) is 76.8 Å². The molecule has 166 valence electrons. The molecule has 0 aliphatic rings. The van der Waals surface area contributed by atoms with Crippen LogP contribution in [0.2, 0.25) is 5.02 Å². The first-order valence-electron chi connectivity index (χ1n) is 10.8. The van der Waals surface area contributed by atoms with Crippen LogP contribution in [0.4, 0.5) is 0 Å². The van der Waals surface area contributed by atoms with E-state index in [1.54, 1.807) is 0 Å². The molecule has 0 saturated carbocycles. The van der Waals surface area contributed by atoms with Crippen molar-refractivity contribution in [3.8, 4) is 5.69 Å². The number of imidazole rings is 1. The quantitative estimate of drug-likeness (QED) is 0.267. The van der Waals surface area contributed by atoms with Crippen molar-refractivity contribution < 1.29 is 4.84 Å². The number of benzene rings is 2. The normalized spacial score (nSPS) is 12.5. The van der Waals surface area contributed by atoms with Gasteiger partial charge in [0, 0.05) is 29.7 Å². The monoisotopic (exact) mass is 449 g/mol. The average Bonchev–Trinajstić information content (AvgIpc) is 3.35. The molecule has 32 heavy (non-hydrogen) atoms. The number of hydrogen-bond acceptors (Lipinski definition) is 4. The number of aryl methyl sites for hydroxylation is 1. The van der Waals surface area contributed by atoms with Gasteiger partial charge in [0.25, 0.3) is 0 Å². The SMILES string of the molecule is CCn1c(Cc2ccnn2-c2cccc(Cl)c2)nc2cc(C(C)=NOC(C)(C)C)ccc21. The number of aromatic nitrogens is 4. The maximum Gasteiger partial charge on any atom is 0.129 e. The fraction of sp³-hybridized carbons (Fsp3) is 0.320. The molecule has 0 fully saturated rings. The zero-order valence-corrected chi connectivity index (χ0v) is 19.9. The molecular weight excluding hydrogens is 422 g/mol. The zero-order valence-electron chi connectivity index (χ0n) is 19.1. The van der Waals surface area contributed by atoms with E-state index >= 15 is 0 Å². The maximum atomic E-state index is 6.19. The summed E-state index contributed by atoms with van der Waals surface area (Å²) in [6.07, 6.45) is 2.47. The first-order chi connectivity index (χ1) is 15.2. The van der Waals surface area contributed by atoms with Gasteiger partial charge in [-0.1, -0.05) is 28.9 Å². The van der Waals surface area contributed by atoms with Gasteiger partial charge in [-0.25, -0.2) is 9.67 Å². The molecule has 2 heterocycles. The fourth-order valence-electron chi connectivity index (χ4n) is 3.62. The number of fused-ring (bicyclic) bond motifs is 1. The molecule has 0 bridgehead atoms. The van der Waals surface area contributed by atoms with Gasteiger partial charge in [-0.3, -0.25) is 0 Å². The van der Waals surface area contributed by atoms with Gasteiger partial charge < -0.3 is 9.40 Å². The summed E-state index contributed by atoms with van der Waals surface area (Å²) >= 11 is 6.19. The van der Waals surface area contributed by atoms with Gasteiger partial charge in [-0.15, -0.1) is 0 Å². The Morgan fingerprint density at radius 2 is 1.94 bits per heavy atom. The van der Waals surface area contributed by atoms with Gasteiger partial charge in [0.15, 0.2) is 0 Å². The van der Waals surface area contributed by atoms with Gasteiger partial charge in [0.1, 0.15) is 11.4 Å². The molecule has 0 aliphatic heterocycles. The molecule has 0 unspecified atom stereocenters. The molecule has 0 atom stereocenters. The molecule has 7 heteroatoms. The van der Waals surface area contributed by atoms with Crippen molar-refractivity contribution in [2.75, 3.05) is 0 Å². The summed E-state index contributed by atoms with van der Waals surface area (Å²) in [5.41, 5.74) is 5.53. The molecule has 0 aliphatic carbocycles. The minimum atomic E-state index is -0.325. The minimum absolute atomic E-state index is 0.325. The van der Waals surface area contributed by atoms with Crippen LogP contribution in [0.15, 0.2) is 59.9 Å². The summed E-state index contributed by atoms with van der Waals surface area (Å²) in [6, 6.07) is 16.0. The van der Waals surface area contributed by atoms with Crippen molar-refractivity contribution in [3.63, 3.8) is 0 Å². The van der Waals surface area contributed by atoms with E-state index < -0.39 is 0 Å². The Kier molecular flexibility index (Phi) is 6.07. The maximum absolute atomic E-state index is 6.19. The number of halogens is 1. The lowest BCUT2D eigenvalue weighted by Crippen LogP contribution is -2.16. The van der Waals surface area contributed by atoms with E-state index in [1.807, 2.05) is 68.9 Å². The van der Waals surface area contributed by atoms with E-state index in [0.717, 1.165) is 46.1 Å². The standard InChI is InChI=1S/C25H28ClN5O/c1-6-30-23-11-10-18(17(2)29-32-25(3,4)5)14-22(23)28-24(30)16-21-12-13-27-31(21)20-9-7-8-19(26)15-20/h7-15H,6,16H2,1-5H3. The van der Waals surface area contributed by atoms with Crippen molar-refractivity contribution in [2.24, 2.45) is 5.16 Å². The molecule has 0 saturated heterocycles. The van der Waals surface area contributed by atoms with Crippen LogP contribution in [-0.4, -0.2) is 30.6 Å². The predicted molar refractivity (Wildman–Crippen MR) is 130 cm³/mol. The van der Waals surface area contributed by atoms with Crippen molar-refractivity contribution in [1.29, 1.82) is 0 Å². The largest absolute Gasteiger partial charge is 0.390 e. The number of rotatable bonds is 6. The van der Waals surface area contributed by atoms with E-state index in [0.29, 0.717) is 11.4 Å². The highest BCUT2D eigenvalue weighted by Crippen LogP contribution is 2.23. The lowest BCUT2D eigenvalue weighted by atomic mass is 10.1. The minimum Gasteiger partial charge on any atom is -0.390 e. The summed E-state index contributed by atoms with van der Waals surface area (Å²) in [5.74, 6) is 0.990. The summed E-state index contributed by atoms with van der Waals surface area (Å²) < 4.78 is 4.16. The van der Waals surface area contributed by atoms with E-state index in [-0.39, 0.29) is 5.60 Å². The van der Waals surface area contributed by atoms with Crippen LogP contribution in [0, 0.1) is 0 Å². The highest BCUT2D eigenvalue weighted by atomic mass is 35.5. The molecule has 0 radical (unpaired) electrons. The second-order valence-electron chi connectivity index (χ2n) is 8.75. The van der Waals surface area contributed by atoms with Crippen molar-refractivity contribution >= 4 is 28.3 Å². The van der Waals surface area contributed by atoms with Gasteiger partial charge in [0.05, 0.1) is 28.1 Å². The van der Waals surface area contributed by atoms with Crippen LogP contribution in [-0.2, 0) is 17.8 Å². The molecule has 0 spiro atoms. The average molecular weight is 450 g/mol. The second-order valence-corrected chi connectivity index (χ2v) is 9.18. The summed E-state index contributed by atoms with van der Waals surface area (Å²) in [7, 11) is 0. The molecular formula is C25H28ClN5O. The Hall–Kier alpha value is -3.12. The molecule has 4 aromatic rings. The van der Waals surface area contributed by atoms with Crippen LogP contribution in [0.1, 0.15) is 51.7 Å². The Balaban J connectivity index is 1.68. The molecule has 0 amide bonds.